The molecule has 1 fully saturated rings. The predicted molar refractivity (Wildman–Crippen MR) is 93.8 cm³/mol. The first-order valence-corrected chi connectivity index (χ1v) is 9.58. The van der Waals surface area contributed by atoms with Crippen LogP contribution in [-0.2, 0) is 23.9 Å². The number of fused-ring (bicyclic) bond motifs is 1. The molecule has 0 radical (unpaired) electrons. The van der Waals surface area contributed by atoms with Gasteiger partial charge in [0, 0.05) is 61.8 Å². The number of hydrogen-bond donors (Lipinski definition) is 1. The summed E-state index contributed by atoms with van der Waals surface area (Å²) >= 11 is 0. The van der Waals surface area contributed by atoms with Gasteiger partial charge in [-0.3, -0.25) is 4.90 Å². The molecule has 1 aromatic heterocycles. The van der Waals surface area contributed by atoms with Crippen molar-refractivity contribution < 1.29 is 31.1 Å². The Morgan fingerprint density at radius 2 is 1.97 bits per heavy atom. The van der Waals surface area contributed by atoms with Gasteiger partial charge in [0.1, 0.15) is 11.7 Å². The zero-order chi connectivity index (χ0) is 21.6. The van der Waals surface area contributed by atoms with E-state index < -0.39 is 54.0 Å². The lowest BCUT2D eigenvalue weighted by Gasteiger charge is -2.43. The first-order valence-electron chi connectivity index (χ1n) is 9.58. The lowest BCUT2D eigenvalue weighted by Crippen LogP contribution is -2.55. The maximum absolute atomic E-state index is 14.1. The molecule has 0 spiro atoms. The highest BCUT2D eigenvalue weighted by atomic mass is 19.4. The molecule has 1 saturated heterocycles. The van der Waals surface area contributed by atoms with Crippen LogP contribution in [0.2, 0.25) is 0 Å². The number of halogens is 6. The van der Waals surface area contributed by atoms with Crippen LogP contribution in [0.15, 0.2) is 29.8 Å². The van der Waals surface area contributed by atoms with E-state index in [4.69, 9.17) is 10.5 Å². The van der Waals surface area contributed by atoms with Gasteiger partial charge in [0.25, 0.3) is 0 Å². The molecule has 5 nitrogen and oxygen atoms in total. The van der Waals surface area contributed by atoms with Crippen LogP contribution < -0.4 is 5.73 Å². The summed E-state index contributed by atoms with van der Waals surface area (Å²) < 4.78 is 85.1. The molecular weight excluding hydrogens is 414 g/mol. The topological polar surface area (TPSA) is 64.3 Å². The molecular formula is C19H20F6N4O. The van der Waals surface area contributed by atoms with Crippen LogP contribution in [0.5, 0.6) is 0 Å². The molecule has 164 valence electrons. The fourth-order valence-corrected chi connectivity index (χ4v) is 4.28. The van der Waals surface area contributed by atoms with Crippen LogP contribution in [0.25, 0.3) is 0 Å². The van der Waals surface area contributed by atoms with Gasteiger partial charge < -0.3 is 10.5 Å². The van der Waals surface area contributed by atoms with Crippen molar-refractivity contribution in [2.24, 2.45) is 11.7 Å². The summed E-state index contributed by atoms with van der Waals surface area (Å²) in [5, 5.41) is 0. The van der Waals surface area contributed by atoms with E-state index >= 15 is 0 Å². The zero-order valence-corrected chi connectivity index (χ0v) is 15.8. The normalized spacial score (nSPS) is 30.8. The summed E-state index contributed by atoms with van der Waals surface area (Å²) in [4.78, 5) is 9.07. The van der Waals surface area contributed by atoms with Crippen molar-refractivity contribution in [2.75, 3.05) is 13.2 Å². The number of rotatable bonds is 2. The van der Waals surface area contributed by atoms with Crippen LogP contribution in [-0.4, -0.2) is 46.2 Å². The van der Waals surface area contributed by atoms with Gasteiger partial charge in [-0.25, -0.2) is 23.1 Å². The Morgan fingerprint density at radius 1 is 1.20 bits per heavy atom. The van der Waals surface area contributed by atoms with Crippen LogP contribution >= 0.6 is 0 Å². The predicted octanol–water partition coefficient (Wildman–Crippen LogP) is 3.36. The van der Waals surface area contributed by atoms with Crippen molar-refractivity contribution in [2.45, 2.75) is 50.2 Å². The third-order valence-corrected chi connectivity index (χ3v) is 5.85. The Labute approximate surface area is 168 Å². The van der Waals surface area contributed by atoms with E-state index in [2.05, 4.69) is 9.97 Å². The van der Waals surface area contributed by atoms with Crippen molar-refractivity contribution in [1.82, 2.24) is 14.9 Å². The zero-order valence-electron chi connectivity index (χ0n) is 15.8. The monoisotopic (exact) mass is 434 g/mol. The molecule has 0 aromatic carbocycles. The number of nitrogens with zero attached hydrogens (tertiary/aromatic N) is 3. The molecule has 3 aliphatic rings. The summed E-state index contributed by atoms with van der Waals surface area (Å²) in [5.41, 5.74) is 7.16. The summed E-state index contributed by atoms with van der Waals surface area (Å²) in [6.45, 7) is 1.01. The minimum Gasteiger partial charge on any atom is -0.374 e. The fraction of sp³-hybridized carbons (Fsp3) is 0.579. The highest BCUT2D eigenvalue weighted by Crippen LogP contribution is 2.38. The largest absolute Gasteiger partial charge is 0.451 e. The Bertz CT molecular complexity index is 886. The molecule has 0 amide bonds. The fourth-order valence-electron chi connectivity index (χ4n) is 4.28. The van der Waals surface area contributed by atoms with Crippen molar-refractivity contribution in [1.29, 1.82) is 0 Å². The van der Waals surface area contributed by atoms with E-state index in [0.717, 1.165) is 0 Å². The summed E-state index contributed by atoms with van der Waals surface area (Å²) in [6.07, 6.45) is -3.34. The van der Waals surface area contributed by atoms with Crippen molar-refractivity contribution in [3.63, 3.8) is 0 Å². The number of allylic oxidation sites excluding steroid dienone is 3. The van der Waals surface area contributed by atoms with E-state index in [1.54, 1.807) is 0 Å². The summed E-state index contributed by atoms with van der Waals surface area (Å²) in [5.74, 6) is -5.16. The Kier molecular flexibility index (Phi) is 5.62. The van der Waals surface area contributed by atoms with Gasteiger partial charge in [-0.1, -0.05) is 0 Å². The van der Waals surface area contributed by atoms with Gasteiger partial charge in [-0.05, 0) is 6.42 Å². The minimum atomic E-state index is -4.59. The standard InChI is InChI=1S/C19H20F6N4O/c20-12-5-14(22)13(21)4-11(12)17-15(26)3-10(8-30-17)29-2-1-16-9(7-29)6-27-18(28-16)19(23,24)25/h5-6,10-11,15,17H,1-4,7-8,26H2/t10?,11?,15?,17-/m1/s1. The van der Waals surface area contributed by atoms with Crippen LogP contribution in [0.4, 0.5) is 26.3 Å². The van der Waals surface area contributed by atoms with E-state index in [9.17, 15) is 26.3 Å². The third kappa shape index (κ3) is 4.10. The molecule has 30 heavy (non-hydrogen) atoms. The van der Waals surface area contributed by atoms with Crippen molar-refractivity contribution in [3.05, 3.63) is 46.8 Å². The quantitative estimate of drug-likeness (QED) is 0.724. The summed E-state index contributed by atoms with van der Waals surface area (Å²) in [7, 11) is 0. The van der Waals surface area contributed by atoms with Crippen LogP contribution in [0.1, 0.15) is 29.9 Å². The number of ether oxygens (including phenoxy) is 1. The maximum Gasteiger partial charge on any atom is 0.451 e. The Morgan fingerprint density at radius 3 is 2.67 bits per heavy atom. The Hall–Kier alpha value is -1.98. The van der Waals surface area contributed by atoms with E-state index in [1.165, 1.54) is 6.20 Å². The van der Waals surface area contributed by atoms with Crippen LogP contribution in [0, 0.1) is 5.92 Å². The Balaban J connectivity index is 1.41. The second-order valence-electron chi connectivity index (χ2n) is 7.83. The lowest BCUT2D eigenvalue weighted by atomic mass is 9.84. The minimum absolute atomic E-state index is 0.139. The molecule has 4 atom stereocenters. The summed E-state index contributed by atoms with van der Waals surface area (Å²) in [6, 6.07) is -0.744. The molecule has 2 aliphatic heterocycles. The average Bonchev–Trinajstić information content (AvgIpc) is 2.69. The van der Waals surface area contributed by atoms with Gasteiger partial charge >= 0.3 is 6.18 Å². The number of aromatic nitrogens is 2. The van der Waals surface area contributed by atoms with Gasteiger partial charge in [0.2, 0.25) is 5.82 Å². The average molecular weight is 434 g/mol. The number of nitrogens with two attached hydrogens (primary N) is 1. The van der Waals surface area contributed by atoms with E-state index in [0.29, 0.717) is 43.3 Å². The molecule has 4 rings (SSSR count). The first-order chi connectivity index (χ1) is 14.1. The second kappa shape index (κ2) is 7.93. The van der Waals surface area contributed by atoms with Crippen molar-refractivity contribution >= 4 is 0 Å². The maximum atomic E-state index is 14.1. The van der Waals surface area contributed by atoms with Gasteiger partial charge in [-0.2, -0.15) is 13.2 Å². The molecule has 1 aliphatic carbocycles. The molecule has 2 N–H and O–H groups in total. The van der Waals surface area contributed by atoms with Crippen LogP contribution in [0.3, 0.4) is 0 Å². The van der Waals surface area contributed by atoms with E-state index in [1.807, 2.05) is 4.90 Å². The molecule has 3 unspecified atom stereocenters. The third-order valence-electron chi connectivity index (χ3n) is 5.85. The highest BCUT2D eigenvalue weighted by molar-refractivity contribution is 5.26. The molecule has 0 saturated carbocycles. The van der Waals surface area contributed by atoms with Gasteiger partial charge in [0.15, 0.2) is 5.83 Å². The second-order valence-corrected chi connectivity index (χ2v) is 7.83. The first kappa shape index (κ1) is 21.3. The molecule has 11 heteroatoms. The van der Waals surface area contributed by atoms with Gasteiger partial charge in [0.05, 0.1) is 18.4 Å². The van der Waals surface area contributed by atoms with E-state index in [-0.39, 0.29) is 12.6 Å². The number of alkyl halides is 3. The SMILES string of the molecule is NC1CC(N2CCc3nc(C(F)(F)F)ncc3C2)CO[C@@H]1C1CC(F)=C(F)C=C1F. The smallest absolute Gasteiger partial charge is 0.374 e. The molecule has 3 heterocycles. The number of hydrogen-bond acceptors (Lipinski definition) is 5. The van der Waals surface area contributed by atoms with Crippen molar-refractivity contribution in [3.8, 4) is 0 Å². The molecule has 1 aromatic rings. The molecule has 0 bridgehead atoms. The lowest BCUT2D eigenvalue weighted by molar-refractivity contribution is -0.145. The van der Waals surface area contributed by atoms with Gasteiger partial charge in [-0.15, -0.1) is 0 Å². The highest BCUT2D eigenvalue weighted by Gasteiger charge is 2.41.